The maximum absolute atomic E-state index is 12.8. The highest BCUT2D eigenvalue weighted by molar-refractivity contribution is 7.09. The number of carbonyl (C=O) groups excluding carboxylic acids is 1. The monoisotopic (exact) mass is 354 g/mol. The molecule has 1 aromatic carbocycles. The van der Waals surface area contributed by atoms with Crippen LogP contribution in [0.2, 0.25) is 0 Å². The van der Waals surface area contributed by atoms with Gasteiger partial charge < -0.3 is 4.90 Å². The largest absolute Gasteiger partial charge is 0.338 e. The van der Waals surface area contributed by atoms with Crippen molar-refractivity contribution in [3.63, 3.8) is 0 Å². The minimum absolute atomic E-state index is 0.0183. The summed E-state index contributed by atoms with van der Waals surface area (Å²) in [7, 11) is 1.85. The Morgan fingerprint density at radius 2 is 2.00 bits per heavy atom. The second kappa shape index (κ2) is 7.19. The Labute approximate surface area is 151 Å². The van der Waals surface area contributed by atoms with Crippen LogP contribution in [0.4, 0.5) is 0 Å². The predicted octanol–water partition coefficient (Wildman–Crippen LogP) is 3.71. The molecule has 1 amide bonds. The maximum Gasteiger partial charge on any atom is 0.227 e. The molecule has 2 heterocycles. The lowest BCUT2D eigenvalue weighted by Crippen LogP contribution is -2.30. The molecule has 0 bridgehead atoms. The predicted molar refractivity (Wildman–Crippen MR) is 100 cm³/mol. The van der Waals surface area contributed by atoms with Crippen molar-refractivity contribution < 1.29 is 4.79 Å². The molecule has 1 atom stereocenters. The molecule has 3 rings (SSSR count). The van der Waals surface area contributed by atoms with Gasteiger partial charge in [0.05, 0.1) is 29.4 Å². The number of rotatable bonds is 5. The number of likely N-dealkylation sites (N-methyl/N-ethyl adjacent to an activating group) is 1. The highest BCUT2D eigenvalue weighted by Crippen LogP contribution is 2.24. The van der Waals surface area contributed by atoms with Crippen LogP contribution in [0.1, 0.15) is 34.8 Å². The second-order valence-electron chi connectivity index (χ2n) is 6.16. The summed E-state index contributed by atoms with van der Waals surface area (Å²) >= 11 is 1.57. The molecule has 0 radical (unpaired) electrons. The van der Waals surface area contributed by atoms with Gasteiger partial charge >= 0.3 is 0 Å². The first-order valence-electron chi connectivity index (χ1n) is 8.23. The van der Waals surface area contributed by atoms with E-state index in [-0.39, 0.29) is 11.9 Å². The molecule has 0 aliphatic heterocycles. The van der Waals surface area contributed by atoms with Crippen molar-refractivity contribution in [2.75, 3.05) is 7.05 Å². The average molecular weight is 354 g/mol. The topological polar surface area (TPSA) is 51.0 Å². The Balaban J connectivity index is 1.81. The number of amides is 1. The quantitative estimate of drug-likeness (QED) is 0.702. The zero-order valence-electron chi connectivity index (χ0n) is 14.9. The highest BCUT2D eigenvalue weighted by Gasteiger charge is 2.22. The third-order valence-corrected chi connectivity index (χ3v) is 5.55. The lowest BCUT2D eigenvalue weighted by molar-refractivity contribution is -0.131. The number of hydrogen-bond acceptors (Lipinski definition) is 4. The molecule has 2 aromatic heterocycles. The summed E-state index contributed by atoms with van der Waals surface area (Å²) in [4.78, 5) is 19.7. The summed E-state index contributed by atoms with van der Waals surface area (Å²) in [6.07, 6.45) is 2.17. The average Bonchev–Trinajstić information content (AvgIpc) is 3.25. The van der Waals surface area contributed by atoms with Crippen molar-refractivity contribution in [1.29, 1.82) is 0 Å². The van der Waals surface area contributed by atoms with Gasteiger partial charge in [-0.05, 0) is 32.9 Å². The number of para-hydroxylation sites is 1. The fourth-order valence-electron chi connectivity index (χ4n) is 2.87. The van der Waals surface area contributed by atoms with Gasteiger partial charge in [0.25, 0.3) is 0 Å². The molecule has 5 nitrogen and oxygen atoms in total. The Morgan fingerprint density at radius 1 is 1.28 bits per heavy atom. The Hall–Kier alpha value is -2.47. The van der Waals surface area contributed by atoms with Crippen LogP contribution < -0.4 is 0 Å². The van der Waals surface area contributed by atoms with Gasteiger partial charge in [0.1, 0.15) is 0 Å². The summed E-state index contributed by atoms with van der Waals surface area (Å²) in [5.41, 5.74) is 5.71. The summed E-state index contributed by atoms with van der Waals surface area (Å²) in [5, 5.41) is 4.63. The van der Waals surface area contributed by atoms with Gasteiger partial charge in [0.15, 0.2) is 0 Å². The van der Waals surface area contributed by atoms with E-state index in [0.717, 1.165) is 27.5 Å². The summed E-state index contributed by atoms with van der Waals surface area (Å²) in [6.45, 7) is 6.00. The molecule has 25 heavy (non-hydrogen) atoms. The molecular formula is C19H22N4OS. The van der Waals surface area contributed by atoms with Gasteiger partial charge in [-0.1, -0.05) is 18.2 Å². The number of nitrogens with zero attached hydrogens (tertiary/aromatic N) is 4. The fraction of sp³-hybridized carbons (Fsp3) is 0.316. The van der Waals surface area contributed by atoms with Gasteiger partial charge in [-0.2, -0.15) is 5.10 Å². The first-order chi connectivity index (χ1) is 12.0. The third-order valence-electron chi connectivity index (χ3n) is 4.61. The molecular weight excluding hydrogens is 332 g/mol. The normalized spacial score (nSPS) is 12.2. The van der Waals surface area contributed by atoms with Crippen molar-refractivity contribution in [3.8, 4) is 5.69 Å². The number of hydrogen-bond donors (Lipinski definition) is 0. The van der Waals surface area contributed by atoms with Crippen LogP contribution in [-0.2, 0) is 11.2 Å². The number of carbonyl (C=O) groups is 1. The van der Waals surface area contributed by atoms with Crippen molar-refractivity contribution in [2.45, 2.75) is 33.2 Å². The molecule has 0 saturated carbocycles. The molecule has 0 fully saturated rings. The van der Waals surface area contributed by atoms with E-state index in [0.29, 0.717) is 6.42 Å². The van der Waals surface area contributed by atoms with Crippen LogP contribution in [0, 0.1) is 13.8 Å². The third kappa shape index (κ3) is 3.49. The second-order valence-corrected chi connectivity index (χ2v) is 7.08. The standard InChI is InChI=1S/C19H22N4OS/c1-13-17(14(2)23(21-13)16-8-6-5-7-9-16)10-19(24)22(4)15(3)18-11-20-12-25-18/h5-9,11-12,15H,10H2,1-4H3/t15-/m0/s1. The zero-order valence-corrected chi connectivity index (χ0v) is 15.7. The van der Waals surface area contributed by atoms with Gasteiger partial charge in [-0.15, -0.1) is 11.3 Å². The molecule has 130 valence electrons. The molecule has 6 heteroatoms. The number of benzene rings is 1. The Bertz CT molecular complexity index is 855. The van der Waals surface area contributed by atoms with Crippen molar-refractivity contribution in [3.05, 3.63) is 63.9 Å². The van der Waals surface area contributed by atoms with Gasteiger partial charge in [-0.3, -0.25) is 9.78 Å². The van der Waals surface area contributed by atoms with E-state index < -0.39 is 0 Å². The smallest absolute Gasteiger partial charge is 0.227 e. The van der Waals surface area contributed by atoms with Crippen LogP contribution in [0.5, 0.6) is 0 Å². The fourth-order valence-corrected chi connectivity index (χ4v) is 3.59. The molecule has 0 N–H and O–H groups in total. The van der Waals surface area contributed by atoms with E-state index in [2.05, 4.69) is 10.1 Å². The van der Waals surface area contributed by atoms with Crippen LogP contribution in [0.3, 0.4) is 0 Å². The van der Waals surface area contributed by atoms with Crippen LogP contribution in [-0.4, -0.2) is 32.6 Å². The number of aromatic nitrogens is 3. The summed E-state index contributed by atoms with van der Waals surface area (Å²) in [6, 6.07) is 10.0. The van der Waals surface area contributed by atoms with Gasteiger partial charge in [0.2, 0.25) is 5.91 Å². The Morgan fingerprint density at radius 3 is 2.64 bits per heavy atom. The van der Waals surface area contributed by atoms with Crippen molar-refractivity contribution >= 4 is 17.2 Å². The minimum Gasteiger partial charge on any atom is -0.338 e. The van der Waals surface area contributed by atoms with E-state index in [9.17, 15) is 4.79 Å². The van der Waals surface area contributed by atoms with Crippen LogP contribution >= 0.6 is 11.3 Å². The molecule has 3 aromatic rings. The number of thiazole rings is 1. The van der Waals surface area contributed by atoms with Gasteiger partial charge in [0, 0.05) is 29.4 Å². The SMILES string of the molecule is Cc1nn(-c2ccccc2)c(C)c1CC(=O)N(C)[C@@H](C)c1cncs1. The maximum atomic E-state index is 12.8. The van der Waals surface area contributed by atoms with E-state index >= 15 is 0 Å². The molecule has 0 unspecified atom stereocenters. The summed E-state index contributed by atoms with van der Waals surface area (Å²) < 4.78 is 1.91. The Kier molecular flexibility index (Phi) is 4.99. The number of aryl methyl sites for hydroxylation is 1. The van der Waals surface area contributed by atoms with E-state index in [1.807, 2.05) is 69.0 Å². The highest BCUT2D eigenvalue weighted by atomic mass is 32.1. The van der Waals surface area contributed by atoms with Gasteiger partial charge in [-0.25, -0.2) is 4.68 Å². The first-order valence-corrected chi connectivity index (χ1v) is 9.11. The van der Waals surface area contributed by atoms with E-state index in [4.69, 9.17) is 0 Å². The molecule has 0 saturated heterocycles. The van der Waals surface area contributed by atoms with Crippen molar-refractivity contribution in [1.82, 2.24) is 19.7 Å². The molecule has 0 aliphatic rings. The lowest BCUT2D eigenvalue weighted by atomic mass is 10.1. The lowest BCUT2D eigenvalue weighted by Gasteiger charge is -2.24. The zero-order chi connectivity index (χ0) is 18.0. The van der Waals surface area contributed by atoms with Crippen molar-refractivity contribution in [2.24, 2.45) is 0 Å². The van der Waals surface area contributed by atoms with E-state index in [1.165, 1.54) is 0 Å². The van der Waals surface area contributed by atoms with Crippen LogP contribution in [0.25, 0.3) is 5.69 Å². The first kappa shape index (κ1) is 17.4. The minimum atomic E-state index is 0.0183. The summed E-state index contributed by atoms with van der Waals surface area (Å²) in [5.74, 6) is 0.0831. The molecule has 0 spiro atoms. The van der Waals surface area contributed by atoms with E-state index in [1.54, 1.807) is 21.7 Å². The molecule has 0 aliphatic carbocycles. The van der Waals surface area contributed by atoms with Crippen LogP contribution in [0.15, 0.2) is 42.0 Å².